The van der Waals surface area contributed by atoms with Gasteiger partial charge in [-0.15, -0.1) is 0 Å². The Hall–Kier alpha value is -2.11. The lowest BCUT2D eigenvalue weighted by molar-refractivity contribution is 0.0228. The zero-order chi connectivity index (χ0) is 17.8. The van der Waals surface area contributed by atoms with Crippen LogP contribution in [0.2, 0.25) is 5.02 Å². The number of hydrogen-bond acceptors (Lipinski definition) is 4. The number of halogens is 1. The van der Waals surface area contributed by atoms with Crippen LogP contribution in [0.15, 0.2) is 42.6 Å². The van der Waals surface area contributed by atoms with E-state index in [1.54, 1.807) is 24.4 Å². The topological polar surface area (TPSA) is 71.5 Å². The number of benzene rings is 1. The first-order chi connectivity index (χ1) is 12.1. The molecule has 0 unspecified atom stereocenters. The van der Waals surface area contributed by atoms with E-state index in [9.17, 15) is 9.90 Å². The van der Waals surface area contributed by atoms with Crippen molar-refractivity contribution in [3.8, 4) is 5.75 Å². The van der Waals surface area contributed by atoms with Crippen molar-refractivity contribution in [1.82, 2.24) is 10.3 Å². The third-order valence-corrected chi connectivity index (χ3v) is 4.70. The van der Waals surface area contributed by atoms with Gasteiger partial charge in [-0.2, -0.15) is 0 Å². The number of aliphatic hydroxyl groups is 1. The molecule has 1 amide bonds. The maximum Gasteiger partial charge on any atom is 0.251 e. The molecule has 5 nitrogen and oxygen atoms in total. The van der Waals surface area contributed by atoms with Gasteiger partial charge < -0.3 is 15.2 Å². The highest BCUT2D eigenvalue weighted by Crippen LogP contribution is 2.37. The molecule has 1 fully saturated rings. The largest absolute Gasteiger partial charge is 0.492 e. The van der Waals surface area contributed by atoms with Crippen molar-refractivity contribution in [2.45, 2.75) is 31.9 Å². The molecule has 6 heteroatoms. The Kier molecular flexibility index (Phi) is 5.56. The van der Waals surface area contributed by atoms with Gasteiger partial charge in [-0.3, -0.25) is 9.78 Å². The van der Waals surface area contributed by atoms with Gasteiger partial charge in [-0.05, 0) is 56.0 Å². The maximum absolute atomic E-state index is 12.7. The highest BCUT2D eigenvalue weighted by Gasteiger charge is 2.36. The lowest BCUT2D eigenvalue weighted by Crippen LogP contribution is -2.41. The second-order valence-electron chi connectivity index (χ2n) is 6.17. The summed E-state index contributed by atoms with van der Waals surface area (Å²) in [6.45, 7) is 2.39. The Morgan fingerprint density at radius 3 is 2.80 bits per heavy atom. The molecule has 1 atom stereocenters. The fraction of sp³-hybridized carbons (Fsp3) is 0.368. The standard InChI is InChI=1S/C19H21ClN2O3/c1-2-25-17-7-6-12(11-15(17)20)19(24)22-18(13-9-14(23)10-13)16-5-3-4-8-21-16/h3-8,11,13-14,18,23H,2,9-10H2,1H3,(H,22,24)/t13?,14?,18-/m0/s1. The van der Waals surface area contributed by atoms with E-state index in [-0.39, 0.29) is 24.0 Å². The second-order valence-corrected chi connectivity index (χ2v) is 6.58. The number of aromatic nitrogens is 1. The summed E-state index contributed by atoms with van der Waals surface area (Å²) >= 11 is 6.18. The van der Waals surface area contributed by atoms with Crippen LogP contribution >= 0.6 is 11.6 Å². The molecule has 0 aliphatic heterocycles. The maximum atomic E-state index is 12.7. The lowest BCUT2D eigenvalue weighted by Gasteiger charge is -2.37. The summed E-state index contributed by atoms with van der Waals surface area (Å²) in [4.78, 5) is 17.0. The van der Waals surface area contributed by atoms with Crippen LogP contribution in [0.4, 0.5) is 0 Å². The zero-order valence-corrected chi connectivity index (χ0v) is 14.7. The predicted molar refractivity (Wildman–Crippen MR) is 95.8 cm³/mol. The summed E-state index contributed by atoms with van der Waals surface area (Å²) in [6, 6.07) is 10.4. The zero-order valence-electron chi connectivity index (χ0n) is 14.0. The normalized spacial score (nSPS) is 20.4. The quantitative estimate of drug-likeness (QED) is 0.828. The number of carbonyl (C=O) groups excluding carboxylic acids is 1. The van der Waals surface area contributed by atoms with Crippen molar-refractivity contribution in [2.75, 3.05) is 6.61 Å². The third-order valence-electron chi connectivity index (χ3n) is 4.41. The van der Waals surface area contributed by atoms with E-state index in [1.807, 2.05) is 25.1 Å². The van der Waals surface area contributed by atoms with Gasteiger partial charge >= 0.3 is 0 Å². The number of hydrogen-bond donors (Lipinski definition) is 2. The third kappa shape index (κ3) is 4.11. The highest BCUT2D eigenvalue weighted by molar-refractivity contribution is 6.32. The Morgan fingerprint density at radius 2 is 2.20 bits per heavy atom. The lowest BCUT2D eigenvalue weighted by atomic mass is 9.76. The van der Waals surface area contributed by atoms with E-state index in [4.69, 9.17) is 16.3 Å². The minimum absolute atomic E-state index is 0.173. The van der Waals surface area contributed by atoms with E-state index in [0.29, 0.717) is 35.8 Å². The van der Waals surface area contributed by atoms with Gasteiger partial charge in [-0.1, -0.05) is 17.7 Å². The van der Waals surface area contributed by atoms with Gasteiger partial charge in [0.2, 0.25) is 0 Å². The monoisotopic (exact) mass is 360 g/mol. The van der Waals surface area contributed by atoms with Gasteiger partial charge in [-0.25, -0.2) is 0 Å². The molecule has 2 aromatic rings. The molecule has 0 radical (unpaired) electrons. The molecule has 1 aliphatic rings. The fourth-order valence-electron chi connectivity index (χ4n) is 3.03. The summed E-state index contributed by atoms with van der Waals surface area (Å²) in [7, 11) is 0. The first kappa shape index (κ1) is 17.7. The number of amides is 1. The van der Waals surface area contributed by atoms with Gasteiger partial charge in [0.15, 0.2) is 0 Å². The molecule has 1 aromatic heterocycles. The molecule has 1 saturated carbocycles. The molecular weight excluding hydrogens is 340 g/mol. The number of aliphatic hydroxyl groups excluding tert-OH is 1. The van der Waals surface area contributed by atoms with E-state index >= 15 is 0 Å². The average molecular weight is 361 g/mol. The number of carbonyl (C=O) groups is 1. The SMILES string of the molecule is CCOc1ccc(C(=O)N[C@H](c2ccccn2)C2CC(O)C2)cc1Cl. The summed E-state index contributed by atoms with van der Waals surface area (Å²) in [5, 5.41) is 13.1. The molecule has 0 saturated heterocycles. The Morgan fingerprint density at radius 1 is 1.40 bits per heavy atom. The minimum Gasteiger partial charge on any atom is -0.492 e. The van der Waals surface area contributed by atoms with Crippen LogP contribution in [0.25, 0.3) is 0 Å². The van der Waals surface area contributed by atoms with Crippen LogP contribution in [0.5, 0.6) is 5.75 Å². The molecule has 2 N–H and O–H groups in total. The van der Waals surface area contributed by atoms with Crippen molar-refractivity contribution in [2.24, 2.45) is 5.92 Å². The predicted octanol–water partition coefficient (Wildman–Crippen LogP) is 3.38. The smallest absolute Gasteiger partial charge is 0.251 e. The van der Waals surface area contributed by atoms with Gasteiger partial charge in [0, 0.05) is 11.8 Å². The van der Waals surface area contributed by atoms with E-state index in [0.717, 1.165) is 5.69 Å². The van der Waals surface area contributed by atoms with E-state index in [1.165, 1.54) is 0 Å². The van der Waals surface area contributed by atoms with Crippen molar-refractivity contribution in [3.63, 3.8) is 0 Å². The van der Waals surface area contributed by atoms with Crippen molar-refractivity contribution < 1.29 is 14.6 Å². The number of ether oxygens (including phenoxy) is 1. The molecule has 25 heavy (non-hydrogen) atoms. The van der Waals surface area contributed by atoms with E-state index in [2.05, 4.69) is 10.3 Å². The number of rotatable bonds is 6. The average Bonchev–Trinajstić information content (AvgIpc) is 2.59. The van der Waals surface area contributed by atoms with Crippen LogP contribution < -0.4 is 10.1 Å². The van der Waals surface area contributed by atoms with Crippen molar-refractivity contribution >= 4 is 17.5 Å². The highest BCUT2D eigenvalue weighted by atomic mass is 35.5. The second kappa shape index (κ2) is 7.85. The summed E-state index contributed by atoms with van der Waals surface area (Å²) in [5.74, 6) is 0.512. The first-order valence-corrected chi connectivity index (χ1v) is 8.78. The van der Waals surface area contributed by atoms with Crippen LogP contribution in [-0.2, 0) is 0 Å². The Bertz CT molecular complexity index is 733. The first-order valence-electron chi connectivity index (χ1n) is 8.40. The van der Waals surface area contributed by atoms with Crippen LogP contribution in [-0.4, -0.2) is 28.7 Å². The van der Waals surface area contributed by atoms with Gasteiger partial charge in [0.25, 0.3) is 5.91 Å². The fourth-order valence-corrected chi connectivity index (χ4v) is 3.27. The van der Waals surface area contributed by atoms with Crippen molar-refractivity contribution in [1.29, 1.82) is 0 Å². The summed E-state index contributed by atoms with van der Waals surface area (Å²) in [5.41, 5.74) is 1.26. The summed E-state index contributed by atoms with van der Waals surface area (Å²) < 4.78 is 5.40. The number of pyridine rings is 1. The number of nitrogens with one attached hydrogen (secondary N) is 1. The molecule has 132 valence electrons. The van der Waals surface area contributed by atoms with Gasteiger partial charge in [0.05, 0.1) is 29.5 Å². The molecule has 1 aromatic carbocycles. The molecular formula is C19H21ClN2O3. The van der Waals surface area contributed by atoms with Crippen LogP contribution in [0, 0.1) is 5.92 Å². The Balaban J connectivity index is 1.77. The minimum atomic E-state index is -0.298. The van der Waals surface area contributed by atoms with Gasteiger partial charge in [0.1, 0.15) is 5.75 Å². The Labute approximate surface area is 152 Å². The van der Waals surface area contributed by atoms with Crippen molar-refractivity contribution in [3.05, 3.63) is 58.9 Å². The number of nitrogens with zero attached hydrogens (tertiary/aromatic N) is 1. The molecule has 1 aliphatic carbocycles. The molecule has 1 heterocycles. The molecule has 0 spiro atoms. The summed E-state index contributed by atoms with van der Waals surface area (Å²) in [6.07, 6.45) is 2.72. The molecule has 0 bridgehead atoms. The molecule has 3 rings (SSSR count). The van der Waals surface area contributed by atoms with E-state index < -0.39 is 0 Å². The van der Waals surface area contributed by atoms with Crippen LogP contribution in [0.1, 0.15) is 41.9 Å². The van der Waals surface area contributed by atoms with Crippen LogP contribution in [0.3, 0.4) is 0 Å².